The van der Waals surface area contributed by atoms with Gasteiger partial charge >= 0.3 is 0 Å². The second kappa shape index (κ2) is 5.71. The fourth-order valence-electron chi connectivity index (χ4n) is 2.22. The van der Waals surface area contributed by atoms with E-state index in [0.717, 1.165) is 22.5 Å². The zero-order chi connectivity index (χ0) is 14.0. The van der Waals surface area contributed by atoms with E-state index in [1.54, 1.807) is 11.3 Å². The Hall–Kier alpha value is -1.40. The Morgan fingerprint density at radius 1 is 1.32 bits per heavy atom. The molecule has 0 fully saturated rings. The SMILES string of the molecule is Cc1cc2c(NC(C)CC(C)C)nc(NN)nc2s1. The van der Waals surface area contributed by atoms with Gasteiger partial charge in [-0.3, -0.25) is 5.43 Å². The molecule has 104 valence electrons. The second-order valence-corrected chi connectivity index (χ2v) is 6.53. The van der Waals surface area contributed by atoms with E-state index >= 15 is 0 Å². The third kappa shape index (κ3) is 3.33. The lowest BCUT2D eigenvalue weighted by Gasteiger charge is -2.17. The van der Waals surface area contributed by atoms with Crippen molar-refractivity contribution in [2.24, 2.45) is 11.8 Å². The second-order valence-electron chi connectivity index (χ2n) is 5.29. The van der Waals surface area contributed by atoms with Gasteiger partial charge in [-0.05, 0) is 32.3 Å². The van der Waals surface area contributed by atoms with Gasteiger partial charge in [-0.15, -0.1) is 11.3 Å². The van der Waals surface area contributed by atoms with E-state index < -0.39 is 0 Å². The van der Waals surface area contributed by atoms with Crippen LogP contribution in [0.3, 0.4) is 0 Å². The maximum absolute atomic E-state index is 5.43. The maximum atomic E-state index is 5.43. The minimum absolute atomic E-state index is 0.365. The summed E-state index contributed by atoms with van der Waals surface area (Å²) < 4.78 is 0. The summed E-state index contributed by atoms with van der Waals surface area (Å²) in [5, 5.41) is 4.53. The van der Waals surface area contributed by atoms with Crippen LogP contribution in [-0.4, -0.2) is 16.0 Å². The predicted molar refractivity (Wildman–Crippen MR) is 82.5 cm³/mol. The number of rotatable bonds is 5. The summed E-state index contributed by atoms with van der Waals surface area (Å²) in [6.07, 6.45) is 1.10. The number of nitrogens with zero attached hydrogens (tertiary/aromatic N) is 2. The third-order valence-corrected chi connectivity index (χ3v) is 3.80. The normalized spacial score (nSPS) is 12.9. The molecular formula is C13H21N5S. The Morgan fingerprint density at radius 2 is 2.05 bits per heavy atom. The van der Waals surface area contributed by atoms with Crippen LogP contribution >= 0.6 is 11.3 Å². The van der Waals surface area contributed by atoms with Crippen molar-refractivity contribution in [3.05, 3.63) is 10.9 Å². The highest BCUT2D eigenvalue weighted by Gasteiger charge is 2.13. The zero-order valence-corrected chi connectivity index (χ0v) is 12.6. The lowest BCUT2D eigenvalue weighted by molar-refractivity contribution is 0.539. The molecule has 0 aliphatic heterocycles. The molecule has 2 rings (SSSR count). The number of nitrogens with two attached hydrogens (primary N) is 1. The van der Waals surface area contributed by atoms with Crippen LogP contribution < -0.4 is 16.6 Å². The minimum atomic E-state index is 0.365. The zero-order valence-electron chi connectivity index (χ0n) is 11.8. The van der Waals surface area contributed by atoms with Gasteiger partial charge in [0.15, 0.2) is 0 Å². The Kier molecular flexibility index (Phi) is 4.21. The number of aryl methyl sites for hydroxylation is 1. The molecule has 0 bridgehead atoms. The van der Waals surface area contributed by atoms with Crippen molar-refractivity contribution >= 4 is 33.3 Å². The van der Waals surface area contributed by atoms with E-state index in [1.807, 2.05) is 0 Å². The van der Waals surface area contributed by atoms with E-state index in [-0.39, 0.29) is 0 Å². The molecule has 0 amide bonds. The number of aromatic nitrogens is 2. The van der Waals surface area contributed by atoms with Crippen molar-refractivity contribution in [1.29, 1.82) is 0 Å². The van der Waals surface area contributed by atoms with Gasteiger partial charge in [0.25, 0.3) is 0 Å². The number of hydrazine groups is 1. The smallest absolute Gasteiger partial charge is 0.240 e. The summed E-state index contributed by atoms with van der Waals surface area (Å²) in [6.45, 7) is 8.68. The van der Waals surface area contributed by atoms with Crippen molar-refractivity contribution < 1.29 is 0 Å². The molecule has 2 aromatic heterocycles. The van der Waals surface area contributed by atoms with Crippen LogP contribution in [0.25, 0.3) is 10.2 Å². The van der Waals surface area contributed by atoms with Gasteiger partial charge in [0, 0.05) is 10.9 Å². The number of hydrogen-bond donors (Lipinski definition) is 3. The molecule has 6 heteroatoms. The first-order chi connectivity index (χ1) is 8.99. The molecule has 0 aliphatic carbocycles. The van der Waals surface area contributed by atoms with Crippen LogP contribution in [-0.2, 0) is 0 Å². The largest absolute Gasteiger partial charge is 0.367 e. The van der Waals surface area contributed by atoms with Crippen molar-refractivity contribution in [3.8, 4) is 0 Å². The molecule has 0 saturated heterocycles. The Labute approximate surface area is 117 Å². The number of thiophene rings is 1. The van der Waals surface area contributed by atoms with Crippen LogP contribution in [0.1, 0.15) is 32.1 Å². The quantitative estimate of drug-likeness (QED) is 0.579. The van der Waals surface area contributed by atoms with Crippen molar-refractivity contribution in [1.82, 2.24) is 9.97 Å². The number of fused-ring (bicyclic) bond motifs is 1. The van der Waals surface area contributed by atoms with Crippen LogP contribution in [0.15, 0.2) is 6.07 Å². The Balaban J connectivity index is 2.34. The van der Waals surface area contributed by atoms with Crippen molar-refractivity contribution in [2.75, 3.05) is 10.7 Å². The van der Waals surface area contributed by atoms with Crippen molar-refractivity contribution in [3.63, 3.8) is 0 Å². The molecule has 1 atom stereocenters. The molecule has 2 aromatic rings. The lowest BCUT2D eigenvalue weighted by atomic mass is 10.1. The van der Waals surface area contributed by atoms with Crippen molar-refractivity contribution in [2.45, 2.75) is 40.2 Å². The van der Waals surface area contributed by atoms with Crippen LogP contribution in [0.5, 0.6) is 0 Å². The topological polar surface area (TPSA) is 75.9 Å². The van der Waals surface area contributed by atoms with Crippen LogP contribution in [0.4, 0.5) is 11.8 Å². The Morgan fingerprint density at radius 3 is 2.68 bits per heavy atom. The van der Waals surface area contributed by atoms with Gasteiger partial charge in [0.1, 0.15) is 10.6 Å². The Bertz CT molecular complexity index is 563. The van der Waals surface area contributed by atoms with Crippen LogP contribution in [0.2, 0.25) is 0 Å². The van der Waals surface area contributed by atoms with Gasteiger partial charge in [0.2, 0.25) is 5.95 Å². The summed E-state index contributed by atoms with van der Waals surface area (Å²) >= 11 is 1.65. The average molecular weight is 279 g/mol. The van der Waals surface area contributed by atoms with Gasteiger partial charge in [-0.1, -0.05) is 13.8 Å². The molecule has 0 radical (unpaired) electrons. The lowest BCUT2D eigenvalue weighted by Crippen LogP contribution is -2.19. The molecular weight excluding hydrogens is 258 g/mol. The first-order valence-corrected chi connectivity index (χ1v) is 7.32. The number of anilines is 2. The molecule has 1 unspecified atom stereocenters. The van der Waals surface area contributed by atoms with E-state index in [9.17, 15) is 0 Å². The number of nitrogen functional groups attached to an aromatic ring is 1. The molecule has 0 aliphatic rings. The summed E-state index contributed by atoms with van der Waals surface area (Å²) in [5.41, 5.74) is 2.53. The maximum Gasteiger partial charge on any atom is 0.240 e. The molecule has 0 saturated carbocycles. The fraction of sp³-hybridized carbons (Fsp3) is 0.538. The molecule has 4 N–H and O–H groups in total. The first kappa shape index (κ1) is 14.0. The molecule has 0 spiro atoms. The minimum Gasteiger partial charge on any atom is -0.367 e. The number of nitrogens with one attached hydrogen (secondary N) is 2. The van der Waals surface area contributed by atoms with E-state index in [1.165, 1.54) is 4.88 Å². The van der Waals surface area contributed by atoms with E-state index in [2.05, 4.69) is 54.5 Å². The molecule has 5 nitrogen and oxygen atoms in total. The van der Waals surface area contributed by atoms with Gasteiger partial charge < -0.3 is 5.32 Å². The fourth-order valence-corrected chi connectivity index (χ4v) is 3.10. The third-order valence-electron chi connectivity index (χ3n) is 2.85. The number of hydrogen-bond acceptors (Lipinski definition) is 6. The van der Waals surface area contributed by atoms with Crippen LogP contribution in [0, 0.1) is 12.8 Å². The summed E-state index contributed by atoms with van der Waals surface area (Å²) in [4.78, 5) is 11.0. The highest BCUT2D eigenvalue weighted by atomic mass is 32.1. The highest BCUT2D eigenvalue weighted by molar-refractivity contribution is 7.18. The monoisotopic (exact) mass is 279 g/mol. The molecule has 2 heterocycles. The first-order valence-electron chi connectivity index (χ1n) is 6.51. The summed E-state index contributed by atoms with van der Waals surface area (Å²) in [6, 6.07) is 2.48. The average Bonchev–Trinajstić information content (AvgIpc) is 2.68. The van der Waals surface area contributed by atoms with Gasteiger partial charge in [-0.2, -0.15) is 4.98 Å². The molecule has 0 aromatic carbocycles. The summed E-state index contributed by atoms with van der Waals surface area (Å²) in [5.74, 6) is 7.39. The van der Waals surface area contributed by atoms with Gasteiger partial charge in [-0.25, -0.2) is 10.8 Å². The van der Waals surface area contributed by atoms with E-state index in [4.69, 9.17) is 5.84 Å². The molecule has 19 heavy (non-hydrogen) atoms. The van der Waals surface area contributed by atoms with Gasteiger partial charge in [0.05, 0.1) is 5.39 Å². The highest BCUT2D eigenvalue weighted by Crippen LogP contribution is 2.30. The van der Waals surface area contributed by atoms with E-state index in [0.29, 0.717) is 17.9 Å². The summed E-state index contributed by atoms with van der Waals surface area (Å²) in [7, 11) is 0. The standard InChI is InChI=1S/C13H21N5S/c1-7(2)5-8(3)15-11-10-6-9(4)19-12(10)17-13(16-11)18-14/h6-8H,5,14H2,1-4H3,(H2,15,16,17,18). The predicted octanol–water partition coefficient (Wildman–Crippen LogP) is 3.13.